The zero-order valence-corrected chi connectivity index (χ0v) is 82.0. The van der Waals surface area contributed by atoms with E-state index in [-0.39, 0.29) is 0 Å². The van der Waals surface area contributed by atoms with Gasteiger partial charge in [-0.05, 0) is 190 Å². The van der Waals surface area contributed by atoms with Crippen molar-refractivity contribution in [1.82, 2.24) is 53.2 Å². The number of aromatic nitrogens is 11. The lowest BCUT2D eigenvalue weighted by Crippen LogP contribution is -2.74. The molecule has 0 unspecified atom stereocenters. The highest BCUT2D eigenvalue weighted by Crippen LogP contribution is 2.44. The largest absolute Gasteiger partial charge is 0.309 e. The Labute approximate surface area is 861 Å². The summed E-state index contributed by atoms with van der Waals surface area (Å²) >= 11 is 0. The first kappa shape index (κ1) is 88.2. The molecular weight excluding hydrogens is 1830 g/mol. The SMILES string of the molecule is c1cc(-c2ccc3c4ccccc4c4ccccc4c3c2)cc(-c2ccnc(-n3c4ccccc4c4ccccc43)n2)c1.c1ccc(-c2ccc3c4ccccc4n(-c4nccc(-c5cccc([Si](c6ccccc6)(c6ccccc6)c6ccccc6)c5)n4)c3c2)cc1.c1ccc(-c2nc(-c3ccccc3)nc(-c3cccc(-n4c5ccccc5c5cc(-c6cccc(-n7c8ccccc8c8ccccc87)c6)ccc54)c3)n2)cc1. The van der Waals surface area contributed by atoms with E-state index in [0.717, 1.165) is 94.8 Å². The summed E-state index contributed by atoms with van der Waals surface area (Å²) in [7, 11) is -2.69. The van der Waals surface area contributed by atoms with Crippen LogP contribution < -0.4 is 20.7 Å². The van der Waals surface area contributed by atoms with Crippen molar-refractivity contribution in [1.29, 1.82) is 0 Å². The fourth-order valence-electron chi connectivity index (χ4n) is 22.5. The lowest BCUT2D eigenvalue weighted by atomic mass is 9.92. The van der Waals surface area contributed by atoms with Gasteiger partial charge in [-0.1, -0.05) is 437 Å². The second-order valence-electron chi connectivity index (χ2n) is 37.8. The molecule has 0 atom stereocenters. The molecule has 7 aromatic heterocycles. The molecule has 0 bridgehead atoms. The van der Waals surface area contributed by atoms with Crippen molar-refractivity contribution in [3.8, 4) is 113 Å². The van der Waals surface area contributed by atoms with Gasteiger partial charge in [0.05, 0.1) is 55.5 Å². The van der Waals surface area contributed by atoms with Crippen molar-refractivity contribution in [3.63, 3.8) is 0 Å². The minimum atomic E-state index is -2.69. The highest BCUT2D eigenvalue weighted by molar-refractivity contribution is 7.20. The van der Waals surface area contributed by atoms with E-state index in [1.165, 1.54) is 129 Å². The van der Waals surface area contributed by atoms with Gasteiger partial charge in [-0.15, -0.1) is 0 Å². The van der Waals surface area contributed by atoms with Crippen LogP contribution in [-0.4, -0.2) is 61.2 Å². The fraction of sp³-hybridized carbons (Fsp3) is 0. The highest BCUT2D eigenvalue weighted by Gasteiger charge is 2.42. The van der Waals surface area contributed by atoms with Gasteiger partial charge in [0.25, 0.3) is 0 Å². The second kappa shape index (κ2) is 37.8. The van der Waals surface area contributed by atoms with Crippen LogP contribution >= 0.6 is 0 Å². The molecule has 0 fully saturated rings. The molecule has 0 aliphatic carbocycles. The number of fused-ring (bicyclic) bond motifs is 18. The average molecular weight is 1920 g/mol. The van der Waals surface area contributed by atoms with Gasteiger partial charge in [-0.3, -0.25) is 9.13 Å². The van der Waals surface area contributed by atoms with Crippen LogP contribution in [0.2, 0.25) is 0 Å². The van der Waals surface area contributed by atoms with Gasteiger partial charge in [-0.25, -0.2) is 34.9 Å². The number of hydrogen-bond donors (Lipinski definition) is 0. The van der Waals surface area contributed by atoms with Crippen LogP contribution in [0.5, 0.6) is 0 Å². The minimum Gasteiger partial charge on any atom is -0.309 e. The lowest BCUT2D eigenvalue weighted by Gasteiger charge is -2.34. The topological polar surface area (TPSA) is 110 Å². The van der Waals surface area contributed by atoms with Crippen LogP contribution in [0, 0.1) is 0 Å². The quantitative estimate of drug-likeness (QED) is 0.0538. The number of benzene rings is 22. The summed E-state index contributed by atoms with van der Waals surface area (Å²) < 4.78 is 9.10. The maximum absolute atomic E-state index is 5.30. The first-order valence-electron chi connectivity index (χ1n) is 50.5. The summed E-state index contributed by atoms with van der Waals surface area (Å²) in [6, 6.07) is 192. The molecule has 7 heterocycles. The Morgan fingerprint density at radius 3 is 0.872 bits per heavy atom. The van der Waals surface area contributed by atoms with Crippen LogP contribution in [0.1, 0.15) is 0 Å². The summed E-state index contributed by atoms with van der Waals surface area (Å²) in [5, 5.41) is 22.7. The standard InChI is InChI=1S/C51H33N5.C46H33N3Si.C40H25N3/c1-3-15-34(16-4-1)49-52-50(35-17-5-2-6-18-35)54-51(53-49)38-20-14-22-40(32-38)56-47-28-12-9-25-43(47)44-33-37(29-30-48(44)56)36-19-13-21-39(31-36)55-45-26-10-7-23-41(45)42-24-8-11-27-46(42)55;1-5-16-34(17-6-1)35-28-29-42-41-26-13-14-27-44(41)49(45(42)33-35)46-47-31-30-43(48-46)36-18-15-25-40(32-36)50(37-19-7-2-8-20-37,38-21-9-3-10-22-38)39-23-11-4-12-24-39;1-2-14-31-29(12-1)30-13-3-4-15-32(30)36-25-27(20-21-33(31)36)26-10-9-11-28(24-26)37-22-23-41-40(42-37)43-38-18-7-5-16-34(38)35-17-6-8-19-39(35)43/h1-33H;1-33H;1-25H. The minimum absolute atomic E-state index is 0.630. The molecule has 0 aliphatic heterocycles. The molecule has 12 heteroatoms. The predicted octanol–water partition coefficient (Wildman–Crippen LogP) is 31.4. The molecule has 0 N–H and O–H groups in total. The first-order valence-corrected chi connectivity index (χ1v) is 52.5. The molecule has 29 aromatic rings. The van der Waals surface area contributed by atoms with Gasteiger partial charge in [0.1, 0.15) is 0 Å². The van der Waals surface area contributed by atoms with E-state index in [0.29, 0.717) is 29.4 Å². The van der Waals surface area contributed by atoms with E-state index < -0.39 is 8.07 Å². The van der Waals surface area contributed by atoms with E-state index in [1.54, 1.807) is 0 Å². The van der Waals surface area contributed by atoms with Crippen molar-refractivity contribution < 1.29 is 0 Å². The normalized spacial score (nSPS) is 11.6. The zero-order chi connectivity index (χ0) is 98.7. The Balaban J connectivity index is 0.000000111. The molecule has 0 amide bonds. The van der Waals surface area contributed by atoms with E-state index in [4.69, 9.17) is 34.9 Å². The van der Waals surface area contributed by atoms with E-state index in [2.05, 4.69) is 485 Å². The molecule has 0 radical (unpaired) electrons. The third kappa shape index (κ3) is 15.8. The Morgan fingerprint density at radius 2 is 0.416 bits per heavy atom. The predicted molar refractivity (Wildman–Crippen MR) is 621 cm³/mol. The molecular formula is C137H91N11Si. The molecule has 0 saturated carbocycles. The van der Waals surface area contributed by atoms with Gasteiger partial charge in [-0.2, -0.15) is 0 Å². The third-order valence-electron chi connectivity index (χ3n) is 29.2. The summed E-state index contributed by atoms with van der Waals surface area (Å²) in [5.41, 5.74) is 25.0. The van der Waals surface area contributed by atoms with Gasteiger partial charge in [0, 0.05) is 94.7 Å². The van der Waals surface area contributed by atoms with Crippen molar-refractivity contribution >= 4 is 148 Å². The van der Waals surface area contributed by atoms with Crippen LogP contribution in [0.25, 0.3) is 233 Å². The molecule has 0 saturated heterocycles. The first-order chi connectivity index (χ1) is 73.9. The van der Waals surface area contributed by atoms with E-state index >= 15 is 0 Å². The number of para-hydroxylation sites is 6. The maximum Gasteiger partial charge on any atom is 0.235 e. The van der Waals surface area contributed by atoms with Crippen LogP contribution in [0.3, 0.4) is 0 Å². The average Bonchev–Trinajstić information content (AvgIpc) is 1.16. The number of hydrogen-bond acceptors (Lipinski definition) is 7. The highest BCUT2D eigenvalue weighted by atomic mass is 28.3. The molecule has 22 aromatic carbocycles. The molecule has 0 spiro atoms. The Morgan fingerprint density at radius 1 is 0.141 bits per heavy atom. The Bertz CT molecular complexity index is 9890. The van der Waals surface area contributed by atoms with Crippen LogP contribution in [0.15, 0.2) is 552 Å². The lowest BCUT2D eigenvalue weighted by molar-refractivity contribution is 0.992. The molecule has 698 valence electrons. The molecule has 11 nitrogen and oxygen atoms in total. The number of nitrogens with zero attached hydrogens (tertiary/aromatic N) is 11. The van der Waals surface area contributed by atoms with Crippen molar-refractivity contribution in [3.05, 3.63) is 552 Å². The summed E-state index contributed by atoms with van der Waals surface area (Å²) in [4.78, 5) is 34.9. The third-order valence-corrected chi connectivity index (χ3v) is 34.0. The zero-order valence-electron chi connectivity index (χ0n) is 81.0. The van der Waals surface area contributed by atoms with Gasteiger partial charge in [0.2, 0.25) is 11.9 Å². The Kier molecular flexibility index (Phi) is 22.4. The summed E-state index contributed by atoms with van der Waals surface area (Å²) in [5.74, 6) is 3.25. The van der Waals surface area contributed by atoms with E-state index in [9.17, 15) is 0 Å². The van der Waals surface area contributed by atoms with Crippen molar-refractivity contribution in [2.75, 3.05) is 0 Å². The van der Waals surface area contributed by atoms with Crippen molar-refractivity contribution in [2.45, 2.75) is 0 Å². The van der Waals surface area contributed by atoms with Gasteiger partial charge < -0.3 is 9.13 Å². The summed E-state index contributed by atoms with van der Waals surface area (Å²) in [6.07, 6.45) is 3.75. The fourth-order valence-corrected chi connectivity index (χ4v) is 27.3. The van der Waals surface area contributed by atoms with Crippen molar-refractivity contribution in [2.24, 2.45) is 0 Å². The maximum atomic E-state index is 5.30. The van der Waals surface area contributed by atoms with E-state index in [1.807, 2.05) is 85.2 Å². The van der Waals surface area contributed by atoms with Gasteiger partial charge in [0.15, 0.2) is 25.5 Å². The smallest absolute Gasteiger partial charge is 0.235 e. The molecule has 149 heavy (non-hydrogen) atoms. The molecule has 29 rings (SSSR count). The number of rotatable bonds is 16. The monoisotopic (exact) mass is 1920 g/mol. The van der Waals surface area contributed by atoms with Crippen LogP contribution in [0.4, 0.5) is 0 Å². The molecule has 0 aliphatic rings. The second-order valence-corrected chi connectivity index (χ2v) is 41.6. The Hall–Kier alpha value is -19.8. The van der Waals surface area contributed by atoms with Gasteiger partial charge >= 0.3 is 0 Å². The van der Waals surface area contributed by atoms with Crippen LogP contribution in [-0.2, 0) is 0 Å². The summed E-state index contributed by atoms with van der Waals surface area (Å²) in [6.45, 7) is 0.